The van der Waals surface area contributed by atoms with Crippen LogP contribution >= 0.6 is 27.5 Å². The largest absolute Gasteiger partial charge is 0.447 e. The fourth-order valence-electron chi connectivity index (χ4n) is 1.15. The molecule has 0 amide bonds. The summed E-state index contributed by atoms with van der Waals surface area (Å²) in [7, 11) is 0. The number of nitrogens with one attached hydrogen (secondary N) is 1. The minimum absolute atomic E-state index is 0.582. The Morgan fingerprint density at radius 1 is 1.47 bits per heavy atom. The van der Waals surface area contributed by atoms with E-state index in [1.54, 1.807) is 6.20 Å². The fraction of sp³-hybridized carbons (Fsp3) is 0.100. The summed E-state index contributed by atoms with van der Waals surface area (Å²) in [5.74, 6) is 0.780. The number of aromatic nitrogens is 1. The number of anilines is 1. The third-order valence-corrected chi connectivity index (χ3v) is 3.29. The van der Waals surface area contributed by atoms with Crippen molar-refractivity contribution < 1.29 is 4.42 Å². The summed E-state index contributed by atoms with van der Waals surface area (Å²) >= 11 is 9.36. The van der Waals surface area contributed by atoms with Gasteiger partial charge in [-0.2, -0.15) is 0 Å². The Kier molecular flexibility index (Phi) is 3.28. The van der Waals surface area contributed by atoms with Crippen molar-refractivity contribution >= 4 is 33.2 Å². The first-order chi connectivity index (χ1) is 7.27. The molecule has 0 saturated heterocycles. The van der Waals surface area contributed by atoms with Gasteiger partial charge in [-0.3, -0.25) is 0 Å². The molecule has 0 aliphatic heterocycles. The first kappa shape index (κ1) is 10.5. The Bertz CT molecular complexity index is 445. The normalized spacial score (nSPS) is 10.3. The van der Waals surface area contributed by atoms with Crippen LogP contribution < -0.4 is 5.32 Å². The van der Waals surface area contributed by atoms with Crippen molar-refractivity contribution in [2.75, 3.05) is 5.32 Å². The lowest BCUT2D eigenvalue weighted by Gasteiger charge is -2.07. The molecular weight excluding hydrogens is 279 g/mol. The van der Waals surface area contributed by atoms with Crippen LogP contribution in [-0.2, 0) is 6.54 Å². The van der Waals surface area contributed by atoms with Gasteiger partial charge in [-0.1, -0.05) is 17.7 Å². The van der Waals surface area contributed by atoms with Crippen molar-refractivity contribution in [1.29, 1.82) is 0 Å². The Balaban J connectivity index is 2.08. The number of hydrogen-bond donors (Lipinski definition) is 1. The van der Waals surface area contributed by atoms with Crippen molar-refractivity contribution in [1.82, 2.24) is 4.98 Å². The number of rotatable bonds is 3. The minimum Gasteiger partial charge on any atom is -0.447 e. The molecule has 3 nitrogen and oxygen atoms in total. The van der Waals surface area contributed by atoms with Crippen LogP contribution in [0.1, 0.15) is 5.76 Å². The minimum atomic E-state index is 0.582. The van der Waals surface area contributed by atoms with E-state index < -0.39 is 0 Å². The molecule has 15 heavy (non-hydrogen) atoms. The molecule has 0 saturated carbocycles. The average Bonchev–Trinajstić information content (AvgIpc) is 2.73. The molecule has 2 aromatic rings. The van der Waals surface area contributed by atoms with Crippen LogP contribution in [0.5, 0.6) is 0 Å². The Labute approximate surface area is 101 Å². The summed E-state index contributed by atoms with van der Waals surface area (Å²) in [6.07, 6.45) is 3.08. The third-order valence-electron chi connectivity index (χ3n) is 1.89. The second-order valence-corrected chi connectivity index (χ2v) is 4.12. The van der Waals surface area contributed by atoms with E-state index in [2.05, 4.69) is 26.2 Å². The van der Waals surface area contributed by atoms with Crippen LogP contribution in [-0.4, -0.2) is 4.98 Å². The highest BCUT2D eigenvalue weighted by Crippen LogP contribution is 2.30. The van der Waals surface area contributed by atoms with Gasteiger partial charge >= 0.3 is 0 Å². The van der Waals surface area contributed by atoms with Gasteiger partial charge in [-0.05, 0) is 28.1 Å². The number of halogens is 2. The molecule has 2 rings (SSSR count). The number of nitrogens with zero attached hydrogens (tertiary/aromatic N) is 1. The number of benzene rings is 1. The molecule has 0 radical (unpaired) electrons. The Hall–Kier alpha value is -1.00. The summed E-state index contributed by atoms with van der Waals surface area (Å²) in [6, 6.07) is 5.65. The molecule has 0 fully saturated rings. The zero-order chi connectivity index (χ0) is 10.7. The smallest absolute Gasteiger partial charge is 0.180 e. The molecule has 1 heterocycles. The topological polar surface area (TPSA) is 38.1 Å². The van der Waals surface area contributed by atoms with Crippen LogP contribution in [0.3, 0.4) is 0 Å². The van der Waals surface area contributed by atoms with E-state index in [9.17, 15) is 0 Å². The summed E-state index contributed by atoms with van der Waals surface area (Å²) in [6.45, 7) is 0.582. The quantitative estimate of drug-likeness (QED) is 0.935. The molecule has 1 aromatic carbocycles. The maximum atomic E-state index is 5.95. The van der Waals surface area contributed by atoms with E-state index in [-0.39, 0.29) is 0 Å². The molecule has 0 spiro atoms. The standard InChI is InChI=1S/C10H8BrClN2O/c11-10-8(12)2-1-3-9(10)14-5-7-4-13-6-15-7/h1-4,6,14H,5H2. The van der Waals surface area contributed by atoms with Crippen molar-refractivity contribution in [3.05, 3.63) is 46.0 Å². The maximum absolute atomic E-state index is 5.95. The second kappa shape index (κ2) is 4.68. The zero-order valence-corrected chi connectivity index (χ0v) is 10.0. The first-order valence-corrected chi connectivity index (χ1v) is 5.49. The molecule has 0 aliphatic rings. The molecule has 0 aliphatic carbocycles. The predicted molar refractivity (Wildman–Crippen MR) is 63.0 cm³/mol. The predicted octanol–water partition coefficient (Wildman–Crippen LogP) is 3.70. The molecular formula is C10H8BrClN2O. The van der Waals surface area contributed by atoms with Gasteiger partial charge < -0.3 is 9.73 Å². The van der Waals surface area contributed by atoms with E-state index in [1.807, 2.05) is 18.2 Å². The highest BCUT2D eigenvalue weighted by atomic mass is 79.9. The van der Waals surface area contributed by atoms with Crippen LogP contribution in [0.4, 0.5) is 5.69 Å². The van der Waals surface area contributed by atoms with E-state index in [4.69, 9.17) is 16.0 Å². The van der Waals surface area contributed by atoms with Crippen LogP contribution in [0.25, 0.3) is 0 Å². The zero-order valence-electron chi connectivity index (χ0n) is 7.71. The van der Waals surface area contributed by atoms with E-state index in [0.717, 1.165) is 15.9 Å². The van der Waals surface area contributed by atoms with Crippen LogP contribution in [0.15, 0.2) is 39.7 Å². The van der Waals surface area contributed by atoms with Crippen molar-refractivity contribution in [2.24, 2.45) is 0 Å². The summed E-state index contributed by atoms with van der Waals surface area (Å²) in [5, 5.41) is 3.87. The monoisotopic (exact) mass is 286 g/mol. The van der Waals surface area contributed by atoms with E-state index in [1.165, 1.54) is 6.39 Å². The number of hydrogen-bond acceptors (Lipinski definition) is 3. The number of oxazole rings is 1. The van der Waals surface area contributed by atoms with Gasteiger partial charge in [-0.15, -0.1) is 0 Å². The van der Waals surface area contributed by atoms with Gasteiger partial charge in [0.1, 0.15) is 5.76 Å². The van der Waals surface area contributed by atoms with Gasteiger partial charge in [0.2, 0.25) is 0 Å². The summed E-state index contributed by atoms with van der Waals surface area (Å²) in [4.78, 5) is 3.83. The third kappa shape index (κ3) is 2.52. The van der Waals surface area contributed by atoms with Crippen molar-refractivity contribution in [3.8, 4) is 0 Å². The van der Waals surface area contributed by atoms with Gasteiger partial charge in [0.25, 0.3) is 0 Å². The summed E-state index contributed by atoms with van der Waals surface area (Å²) in [5.41, 5.74) is 0.930. The van der Waals surface area contributed by atoms with Gasteiger partial charge in [0.05, 0.1) is 27.9 Å². The highest BCUT2D eigenvalue weighted by Gasteiger charge is 2.03. The molecule has 0 bridgehead atoms. The highest BCUT2D eigenvalue weighted by molar-refractivity contribution is 9.10. The molecule has 1 aromatic heterocycles. The molecule has 1 N–H and O–H groups in total. The Morgan fingerprint density at radius 2 is 2.33 bits per heavy atom. The second-order valence-electron chi connectivity index (χ2n) is 2.92. The Morgan fingerprint density at radius 3 is 3.07 bits per heavy atom. The van der Waals surface area contributed by atoms with Gasteiger partial charge in [0.15, 0.2) is 6.39 Å². The van der Waals surface area contributed by atoms with Crippen molar-refractivity contribution in [2.45, 2.75) is 6.54 Å². The maximum Gasteiger partial charge on any atom is 0.180 e. The summed E-state index contributed by atoms with van der Waals surface area (Å²) < 4.78 is 5.96. The molecule has 0 atom stereocenters. The lowest BCUT2D eigenvalue weighted by atomic mass is 10.3. The van der Waals surface area contributed by atoms with Crippen molar-refractivity contribution in [3.63, 3.8) is 0 Å². The van der Waals surface area contributed by atoms with Crippen LogP contribution in [0, 0.1) is 0 Å². The lowest BCUT2D eigenvalue weighted by Crippen LogP contribution is -1.98. The molecule has 0 unspecified atom stereocenters. The fourth-order valence-corrected chi connectivity index (χ4v) is 1.73. The van der Waals surface area contributed by atoms with Gasteiger partial charge in [-0.25, -0.2) is 4.98 Å². The first-order valence-electron chi connectivity index (χ1n) is 4.32. The molecule has 78 valence electrons. The SMILES string of the molecule is Clc1cccc(NCc2cnco2)c1Br. The molecule has 5 heteroatoms. The van der Waals surface area contributed by atoms with Crippen LogP contribution in [0.2, 0.25) is 5.02 Å². The lowest BCUT2D eigenvalue weighted by molar-refractivity contribution is 0.511. The van der Waals surface area contributed by atoms with Gasteiger partial charge in [0, 0.05) is 0 Å². The van der Waals surface area contributed by atoms with E-state index >= 15 is 0 Å². The van der Waals surface area contributed by atoms with E-state index in [0.29, 0.717) is 11.6 Å². The average molecular weight is 288 g/mol.